The van der Waals surface area contributed by atoms with Crippen LogP contribution in [0.2, 0.25) is 0 Å². The zero-order chi connectivity index (χ0) is 12.0. The highest BCUT2D eigenvalue weighted by atomic mass is 32.2. The minimum Gasteiger partial charge on any atom is -0.480 e. The molecule has 0 atom stereocenters. The molecule has 1 aromatic carbocycles. The van der Waals surface area contributed by atoms with Crippen LogP contribution in [0, 0.1) is 0 Å². The number of aliphatic carboxylic acids is 1. The van der Waals surface area contributed by atoms with Crippen molar-refractivity contribution in [1.82, 2.24) is 5.32 Å². The van der Waals surface area contributed by atoms with E-state index in [1.54, 1.807) is 17.8 Å². The van der Waals surface area contributed by atoms with E-state index in [1.165, 1.54) is 0 Å². The first-order chi connectivity index (χ1) is 7.61. The zero-order valence-corrected chi connectivity index (χ0v) is 9.50. The van der Waals surface area contributed by atoms with Gasteiger partial charge < -0.3 is 15.7 Å². The third kappa shape index (κ3) is 4.22. The largest absolute Gasteiger partial charge is 0.480 e. The first kappa shape index (κ1) is 12.4. The normalized spacial score (nSPS) is 9.56. The number of carbonyl (C=O) groups excluding carboxylic acids is 1. The number of carboxylic acid groups (broad SMARTS) is 1. The molecular weight excluding hydrogens is 228 g/mol. The highest BCUT2D eigenvalue weighted by Crippen LogP contribution is 2.18. The van der Waals surface area contributed by atoms with E-state index < -0.39 is 18.5 Å². The summed E-state index contributed by atoms with van der Waals surface area (Å²) in [6.07, 6.45) is 1.93. The van der Waals surface area contributed by atoms with Gasteiger partial charge in [-0.15, -0.1) is 11.8 Å². The summed E-state index contributed by atoms with van der Waals surface area (Å²) < 4.78 is 0. The molecule has 16 heavy (non-hydrogen) atoms. The van der Waals surface area contributed by atoms with Crippen LogP contribution in [-0.2, 0) is 4.79 Å². The van der Waals surface area contributed by atoms with E-state index in [0.29, 0.717) is 5.69 Å². The van der Waals surface area contributed by atoms with Crippen molar-refractivity contribution in [2.45, 2.75) is 4.90 Å². The lowest BCUT2D eigenvalue weighted by Gasteiger charge is -2.06. The Morgan fingerprint density at radius 1 is 1.44 bits per heavy atom. The summed E-state index contributed by atoms with van der Waals surface area (Å²) in [6.45, 7) is -0.395. The van der Waals surface area contributed by atoms with Gasteiger partial charge in [-0.05, 0) is 24.5 Å². The molecule has 0 bridgehead atoms. The summed E-state index contributed by atoms with van der Waals surface area (Å²) in [4.78, 5) is 22.5. The van der Waals surface area contributed by atoms with E-state index in [0.717, 1.165) is 4.90 Å². The quantitative estimate of drug-likeness (QED) is 0.699. The highest BCUT2D eigenvalue weighted by molar-refractivity contribution is 7.98. The van der Waals surface area contributed by atoms with E-state index in [4.69, 9.17) is 5.11 Å². The lowest BCUT2D eigenvalue weighted by atomic mass is 10.3. The molecule has 0 radical (unpaired) electrons. The van der Waals surface area contributed by atoms with Gasteiger partial charge in [0, 0.05) is 10.6 Å². The van der Waals surface area contributed by atoms with Crippen molar-refractivity contribution in [1.29, 1.82) is 0 Å². The van der Waals surface area contributed by atoms with E-state index in [1.807, 2.05) is 24.5 Å². The smallest absolute Gasteiger partial charge is 0.323 e. The Bertz CT molecular complexity index is 395. The van der Waals surface area contributed by atoms with Crippen LogP contribution in [0.1, 0.15) is 0 Å². The zero-order valence-electron chi connectivity index (χ0n) is 8.69. The maximum atomic E-state index is 11.2. The number of benzene rings is 1. The summed E-state index contributed by atoms with van der Waals surface area (Å²) in [6, 6.07) is 6.76. The molecule has 0 fully saturated rings. The number of rotatable bonds is 4. The molecule has 6 heteroatoms. The average molecular weight is 240 g/mol. The van der Waals surface area contributed by atoms with Crippen molar-refractivity contribution in [3.05, 3.63) is 24.3 Å². The highest BCUT2D eigenvalue weighted by Gasteiger charge is 2.03. The van der Waals surface area contributed by atoms with Crippen LogP contribution >= 0.6 is 11.8 Å². The fourth-order valence-corrected chi connectivity index (χ4v) is 1.49. The second-order valence-electron chi connectivity index (χ2n) is 2.93. The van der Waals surface area contributed by atoms with Crippen molar-refractivity contribution in [2.75, 3.05) is 18.1 Å². The maximum Gasteiger partial charge on any atom is 0.323 e. The van der Waals surface area contributed by atoms with Crippen molar-refractivity contribution in [3.63, 3.8) is 0 Å². The number of hydrogen-bond donors (Lipinski definition) is 3. The summed E-state index contributed by atoms with van der Waals surface area (Å²) >= 11 is 1.56. The van der Waals surface area contributed by atoms with Gasteiger partial charge in [0.2, 0.25) is 0 Å². The molecule has 3 N–H and O–H groups in total. The Hall–Kier alpha value is -1.69. The van der Waals surface area contributed by atoms with Gasteiger partial charge in [-0.2, -0.15) is 0 Å². The lowest BCUT2D eigenvalue weighted by molar-refractivity contribution is -0.135. The standard InChI is InChI=1S/C10H12N2O3S/c1-16-8-4-2-3-7(5-8)12-10(15)11-6-9(13)14/h2-5H,6H2,1H3,(H,13,14)(H2,11,12,15). The average Bonchev–Trinajstić information content (AvgIpc) is 2.26. The van der Waals surface area contributed by atoms with Crippen LogP contribution < -0.4 is 10.6 Å². The number of urea groups is 1. The monoisotopic (exact) mass is 240 g/mol. The Kier molecular flexibility index (Phi) is 4.65. The fourth-order valence-electron chi connectivity index (χ4n) is 1.03. The molecule has 0 aromatic heterocycles. The van der Waals surface area contributed by atoms with E-state index in [2.05, 4.69) is 10.6 Å². The van der Waals surface area contributed by atoms with Gasteiger partial charge in [-0.3, -0.25) is 4.79 Å². The summed E-state index contributed by atoms with van der Waals surface area (Å²) in [7, 11) is 0. The molecular formula is C10H12N2O3S. The van der Waals surface area contributed by atoms with Crippen LogP contribution in [0.5, 0.6) is 0 Å². The Labute approximate surface area is 97.2 Å². The lowest BCUT2D eigenvalue weighted by Crippen LogP contribution is -2.33. The third-order valence-corrected chi connectivity index (χ3v) is 2.45. The number of thioether (sulfide) groups is 1. The maximum absolute atomic E-state index is 11.2. The van der Waals surface area contributed by atoms with Gasteiger partial charge in [0.05, 0.1) is 0 Å². The Morgan fingerprint density at radius 2 is 2.19 bits per heavy atom. The van der Waals surface area contributed by atoms with Crippen LogP contribution in [0.3, 0.4) is 0 Å². The van der Waals surface area contributed by atoms with Gasteiger partial charge >= 0.3 is 12.0 Å². The van der Waals surface area contributed by atoms with Crippen LogP contribution in [0.4, 0.5) is 10.5 Å². The minimum absolute atomic E-state index is 0.395. The number of hydrogen-bond acceptors (Lipinski definition) is 3. The van der Waals surface area contributed by atoms with E-state index in [9.17, 15) is 9.59 Å². The molecule has 0 heterocycles. The molecule has 0 unspecified atom stereocenters. The predicted octanol–water partition coefficient (Wildman–Crippen LogP) is 1.61. The number of nitrogens with one attached hydrogen (secondary N) is 2. The number of amides is 2. The topological polar surface area (TPSA) is 78.4 Å². The van der Waals surface area contributed by atoms with Gasteiger partial charge in [-0.1, -0.05) is 6.07 Å². The number of carbonyl (C=O) groups is 2. The van der Waals surface area contributed by atoms with Crippen molar-refractivity contribution in [2.24, 2.45) is 0 Å². The predicted molar refractivity (Wildman–Crippen MR) is 62.9 cm³/mol. The molecule has 0 saturated heterocycles. The van der Waals surface area contributed by atoms with Crippen molar-refractivity contribution < 1.29 is 14.7 Å². The van der Waals surface area contributed by atoms with E-state index in [-0.39, 0.29) is 0 Å². The number of anilines is 1. The summed E-state index contributed by atoms with van der Waals surface area (Å²) in [5, 5.41) is 13.1. The van der Waals surface area contributed by atoms with Gasteiger partial charge in [0.15, 0.2) is 0 Å². The van der Waals surface area contributed by atoms with Gasteiger partial charge in [0.25, 0.3) is 0 Å². The molecule has 1 aromatic rings. The number of carboxylic acids is 1. The second kappa shape index (κ2) is 6.02. The SMILES string of the molecule is CSc1cccc(NC(=O)NCC(=O)O)c1. The van der Waals surface area contributed by atoms with Crippen LogP contribution in [0.25, 0.3) is 0 Å². The first-order valence-electron chi connectivity index (χ1n) is 4.52. The molecule has 5 nitrogen and oxygen atoms in total. The first-order valence-corrected chi connectivity index (χ1v) is 5.75. The second-order valence-corrected chi connectivity index (χ2v) is 3.81. The molecule has 0 saturated carbocycles. The van der Waals surface area contributed by atoms with Crippen LogP contribution in [0.15, 0.2) is 29.2 Å². The molecule has 0 aliphatic rings. The Balaban J connectivity index is 2.52. The summed E-state index contributed by atoms with van der Waals surface area (Å²) in [5.41, 5.74) is 0.634. The molecule has 0 spiro atoms. The fraction of sp³-hybridized carbons (Fsp3) is 0.200. The van der Waals surface area contributed by atoms with Crippen LogP contribution in [-0.4, -0.2) is 29.9 Å². The molecule has 1 rings (SSSR count). The van der Waals surface area contributed by atoms with Crippen molar-refractivity contribution in [3.8, 4) is 0 Å². The van der Waals surface area contributed by atoms with Gasteiger partial charge in [0.1, 0.15) is 6.54 Å². The third-order valence-electron chi connectivity index (χ3n) is 1.73. The molecule has 2 amide bonds. The Morgan fingerprint density at radius 3 is 2.81 bits per heavy atom. The molecule has 0 aliphatic carbocycles. The van der Waals surface area contributed by atoms with E-state index >= 15 is 0 Å². The molecule has 0 aliphatic heterocycles. The van der Waals surface area contributed by atoms with Crippen molar-refractivity contribution >= 4 is 29.4 Å². The molecule has 86 valence electrons. The summed E-state index contributed by atoms with van der Waals surface area (Å²) in [5.74, 6) is -1.08. The van der Waals surface area contributed by atoms with Gasteiger partial charge in [-0.25, -0.2) is 4.79 Å². The minimum atomic E-state index is -1.08.